The summed E-state index contributed by atoms with van der Waals surface area (Å²) in [5.41, 5.74) is 0. The predicted molar refractivity (Wildman–Crippen MR) is 61.6 cm³/mol. The van der Waals surface area contributed by atoms with Gasteiger partial charge in [-0.2, -0.15) is 0 Å². The van der Waals surface area contributed by atoms with Crippen LogP contribution in [0.4, 0.5) is 0 Å². The van der Waals surface area contributed by atoms with Gasteiger partial charge in [0.05, 0.1) is 19.1 Å². The summed E-state index contributed by atoms with van der Waals surface area (Å²) in [5, 5.41) is 15.7. The molecule has 0 saturated carbocycles. The van der Waals surface area contributed by atoms with Gasteiger partial charge in [0.2, 0.25) is 0 Å². The van der Waals surface area contributed by atoms with Gasteiger partial charge in [-0.3, -0.25) is 0 Å². The molecule has 2 N–H and O–H groups in total. The lowest BCUT2D eigenvalue weighted by Crippen LogP contribution is -3.11. The van der Waals surface area contributed by atoms with Crippen molar-refractivity contribution >= 4 is 34.0 Å². The van der Waals surface area contributed by atoms with Crippen molar-refractivity contribution in [3.8, 4) is 0 Å². The molecule has 0 bridgehead atoms. The van der Waals surface area contributed by atoms with E-state index in [0.29, 0.717) is 16.4 Å². The zero-order chi connectivity index (χ0) is 8.39. The third-order valence-corrected chi connectivity index (χ3v) is 5.38. The minimum atomic E-state index is 0. The topological polar surface area (TPSA) is 39.5 Å². The van der Waals surface area contributed by atoms with Gasteiger partial charge in [0, 0.05) is 17.5 Å². The van der Waals surface area contributed by atoms with E-state index in [2.05, 4.69) is 5.32 Å². The molecule has 0 aliphatic carbocycles. The van der Waals surface area contributed by atoms with Crippen LogP contribution in [0, 0.1) is 5.21 Å². The average molecular weight is 243 g/mol. The summed E-state index contributed by atoms with van der Waals surface area (Å²) in [5.74, 6) is 1.25. The Balaban J connectivity index is 0.000000845. The predicted octanol–water partition coefficient (Wildman–Crippen LogP) is -0.0836. The standard InChI is InChI=1S/C7H14N2OS2.ClH/c10-9-3-2-8-6(5-9)7-1-4-11-12-7;/h6-9H,1-5H2;1H. The van der Waals surface area contributed by atoms with E-state index >= 15 is 0 Å². The zero-order valence-electron chi connectivity index (χ0n) is 7.32. The Morgan fingerprint density at radius 2 is 2.31 bits per heavy atom. The van der Waals surface area contributed by atoms with Crippen LogP contribution in [0.25, 0.3) is 0 Å². The van der Waals surface area contributed by atoms with E-state index < -0.39 is 0 Å². The highest BCUT2D eigenvalue weighted by atomic mass is 35.5. The molecule has 0 amide bonds. The van der Waals surface area contributed by atoms with Gasteiger partial charge in [0.1, 0.15) is 0 Å². The Kier molecular flexibility index (Phi) is 5.22. The molecule has 2 aliphatic heterocycles. The first-order valence-corrected chi connectivity index (χ1v) is 6.78. The fourth-order valence-electron chi connectivity index (χ4n) is 1.70. The molecular formula is C7H15ClN2OS2. The molecule has 13 heavy (non-hydrogen) atoms. The van der Waals surface area contributed by atoms with Gasteiger partial charge in [-0.05, 0) is 6.42 Å². The van der Waals surface area contributed by atoms with Crippen molar-refractivity contribution in [1.82, 2.24) is 5.32 Å². The van der Waals surface area contributed by atoms with Gasteiger partial charge in [-0.15, -0.1) is 12.4 Å². The van der Waals surface area contributed by atoms with E-state index in [1.165, 1.54) is 12.2 Å². The SMILES string of the molecule is Cl.[O-][NH+]1CCNC(C2CCSS2)C1. The molecule has 0 aromatic carbocycles. The molecule has 2 heterocycles. The van der Waals surface area contributed by atoms with E-state index in [-0.39, 0.29) is 12.4 Å². The maximum atomic E-state index is 11.2. The van der Waals surface area contributed by atoms with Gasteiger partial charge in [0.15, 0.2) is 0 Å². The van der Waals surface area contributed by atoms with Gasteiger partial charge < -0.3 is 15.6 Å². The summed E-state index contributed by atoms with van der Waals surface area (Å²) in [4.78, 5) is 0. The lowest BCUT2D eigenvalue weighted by atomic mass is 10.1. The third-order valence-electron chi connectivity index (χ3n) is 2.38. The van der Waals surface area contributed by atoms with Crippen LogP contribution in [0.2, 0.25) is 0 Å². The molecule has 78 valence electrons. The highest BCUT2D eigenvalue weighted by molar-refractivity contribution is 8.77. The lowest BCUT2D eigenvalue weighted by Gasteiger charge is -2.35. The maximum absolute atomic E-state index is 11.2. The monoisotopic (exact) mass is 242 g/mol. The molecule has 3 atom stereocenters. The van der Waals surface area contributed by atoms with Crippen molar-refractivity contribution in [1.29, 1.82) is 0 Å². The van der Waals surface area contributed by atoms with Crippen molar-refractivity contribution < 1.29 is 5.06 Å². The first kappa shape index (κ1) is 11.9. The number of hydrogen-bond donors (Lipinski definition) is 2. The van der Waals surface area contributed by atoms with Gasteiger partial charge >= 0.3 is 0 Å². The number of piperazine rings is 1. The number of halogens is 1. The Morgan fingerprint density at radius 1 is 1.46 bits per heavy atom. The highest BCUT2D eigenvalue weighted by Gasteiger charge is 2.30. The second kappa shape index (κ2) is 5.68. The van der Waals surface area contributed by atoms with Crippen LogP contribution < -0.4 is 10.4 Å². The van der Waals surface area contributed by atoms with Crippen molar-refractivity contribution in [3.63, 3.8) is 0 Å². The quantitative estimate of drug-likeness (QED) is 0.499. The van der Waals surface area contributed by atoms with Gasteiger partial charge in [-0.25, -0.2) is 0 Å². The largest absolute Gasteiger partial charge is 0.634 e. The molecule has 0 spiro atoms. The molecule has 2 aliphatic rings. The van der Waals surface area contributed by atoms with Crippen LogP contribution in [-0.2, 0) is 0 Å². The summed E-state index contributed by atoms with van der Waals surface area (Å²) in [6.45, 7) is 2.39. The normalized spacial score (nSPS) is 39.9. The van der Waals surface area contributed by atoms with Crippen molar-refractivity contribution in [2.45, 2.75) is 17.7 Å². The Hall–Kier alpha value is 0.870. The molecular weight excluding hydrogens is 228 g/mol. The third kappa shape index (κ3) is 3.18. The molecule has 0 aromatic rings. The summed E-state index contributed by atoms with van der Waals surface area (Å²) in [6, 6.07) is 0.464. The molecule has 2 saturated heterocycles. The smallest absolute Gasteiger partial charge is 0.0935 e. The van der Waals surface area contributed by atoms with Gasteiger partial charge in [-0.1, -0.05) is 21.6 Å². The maximum Gasteiger partial charge on any atom is 0.0935 e. The molecule has 2 rings (SSSR count). The van der Waals surface area contributed by atoms with Crippen LogP contribution in [0.5, 0.6) is 0 Å². The van der Waals surface area contributed by atoms with Gasteiger partial charge in [0.25, 0.3) is 0 Å². The van der Waals surface area contributed by atoms with Crippen LogP contribution in [0.1, 0.15) is 6.42 Å². The van der Waals surface area contributed by atoms with E-state index in [1.54, 1.807) is 0 Å². The Morgan fingerprint density at radius 3 is 2.92 bits per heavy atom. The van der Waals surface area contributed by atoms with E-state index in [4.69, 9.17) is 0 Å². The number of rotatable bonds is 1. The number of hydrogen-bond acceptors (Lipinski definition) is 4. The first-order chi connectivity index (χ1) is 5.86. The van der Waals surface area contributed by atoms with Crippen molar-refractivity contribution in [2.75, 3.05) is 25.4 Å². The molecule has 2 fully saturated rings. The summed E-state index contributed by atoms with van der Waals surface area (Å²) < 4.78 is 0. The second-order valence-electron chi connectivity index (χ2n) is 3.30. The number of quaternary nitrogens is 1. The second-order valence-corrected chi connectivity index (χ2v) is 6.03. The van der Waals surface area contributed by atoms with Crippen molar-refractivity contribution in [2.24, 2.45) is 0 Å². The van der Waals surface area contributed by atoms with E-state index in [9.17, 15) is 5.21 Å². The van der Waals surface area contributed by atoms with E-state index in [0.717, 1.165) is 19.6 Å². The van der Waals surface area contributed by atoms with Crippen LogP contribution in [-0.4, -0.2) is 36.7 Å². The molecule has 6 heteroatoms. The van der Waals surface area contributed by atoms with Crippen molar-refractivity contribution in [3.05, 3.63) is 5.21 Å². The van der Waals surface area contributed by atoms with Crippen LogP contribution in [0.3, 0.4) is 0 Å². The van der Waals surface area contributed by atoms with E-state index in [1.807, 2.05) is 21.6 Å². The summed E-state index contributed by atoms with van der Waals surface area (Å²) in [7, 11) is 3.90. The average Bonchev–Trinajstić information content (AvgIpc) is 2.56. The lowest BCUT2D eigenvalue weighted by molar-refractivity contribution is -0.853. The number of nitrogens with one attached hydrogen (secondary N) is 2. The fraction of sp³-hybridized carbons (Fsp3) is 1.00. The summed E-state index contributed by atoms with van der Waals surface area (Å²) in [6.07, 6.45) is 1.26. The minimum absolute atomic E-state index is 0. The molecule has 3 nitrogen and oxygen atoms in total. The number of hydroxylamine groups is 2. The van der Waals surface area contributed by atoms with Crippen LogP contribution in [0.15, 0.2) is 0 Å². The highest BCUT2D eigenvalue weighted by Crippen LogP contribution is 2.39. The molecule has 0 aromatic heterocycles. The zero-order valence-corrected chi connectivity index (χ0v) is 9.77. The first-order valence-electron chi connectivity index (χ1n) is 4.39. The van der Waals surface area contributed by atoms with Crippen LogP contribution >= 0.6 is 34.0 Å². The molecule has 3 unspecified atom stereocenters. The fourth-order valence-corrected chi connectivity index (χ4v) is 4.80. The molecule has 0 radical (unpaired) electrons. The Bertz CT molecular complexity index is 157. The Labute approximate surface area is 92.8 Å². The minimum Gasteiger partial charge on any atom is -0.634 e. The summed E-state index contributed by atoms with van der Waals surface area (Å²) >= 11 is 0.